The number of likely N-dealkylation sites (tertiary alicyclic amines) is 2. The van der Waals surface area contributed by atoms with Gasteiger partial charge in [-0.2, -0.15) is 0 Å². The number of rotatable bonds is 14. The number of piperidine rings is 1. The number of guanidine groups is 2. The summed E-state index contributed by atoms with van der Waals surface area (Å²) in [6.45, 7) is 45.0. The van der Waals surface area contributed by atoms with Crippen LogP contribution >= 0.6 is 11.3 Å². The summed E-state index contributed by atoms with van der Waals surface area (Å²) >= 11 is 1.78. The monoisotopic (exact) mass is 1120 g/mol. The van der Waals surface area contributed by atoms with E-state index in [4.69, 9.17) is 4.74 Å². The second kappa shape index (κ2) is 53.3. The zero-order valence-corrected chi connectivity index (χ0v) is 53.0. The summed E-state index contributed by atoms with van der Waals surface area (Å²) in [6, 6.07) is 14.4. The molecule has 17 heteroatoms. The lowest BCUT2D eigenvalue weighted by Crippen LogP contribution is -2.43. The first-order valence-electron chi connectivity index (χ1n) is 29.4. The van der Waals surface area contributed by atoms with Crippen LogP contribution in [0.3, 0.4) is 0 Å². The van der Waals surface area contributed by atoms with Crippen LogP contribution < -0.4 is 16.2 Å². The molecule has 8 rings (SSSR count). The standard InChI is InChI=1S/C9H19N.C8H17NO2S.C8H17NO.C8H17N.C7H8.C6H14N4.C5H12N4.C5H6S.2C2H4/c1-2-3-7-10-8-5-4-6-9-10;1-2-3-4-9-5-7-12(10,11)8-6-9;1-2-3-4-9-5-7-10-8-6-9;1-2-3-6-9-7-4-5-8-9;1-7-5-3-2-4-6-7;1-7-10(3)6-8-4-5-9(6)2;1-6-9(2)5-7-3-4-8-5;1-5-3-2-4-6-5;2*1-2/h2-9H2,1H3;2-8H2,1H3;2-8H2,1H3;2-8H2,1H3;2-6H,1H3;7H,4-5H2,1-3H3;6H,3-4H2,1-2H3,(H,7,8);2-4H,1H3;2*1-2H2. The van der Waals surface area contributed by atoms with Crippen molar-refractivity contribution < 1.29 is 13.2 Å². The minimum absolute atomic E-state index is 0.358. The molecule has 2 aromatic rings. The highest BCUT2D eigenvalue weighted by Crippen LogP contribution is 2.10. The van der Waals surface area contributed by atoms with Crippen LogP contribution in [0.4, 0.5) is 0 Å². The highest BCUT2D eigenvalue weighted by Gasteiger charge is 2.20. The molecule has 1 aromatic carbocycles. The van der Waals surface area contributed by atoms with Gasteiger partial charge in [0.05, 0.1) is 37.8 Å². The Morgan fingerprint density at radius 2 is 1.06 bits per heavy atom. The Morgan fingerprint density at radius 3 is 1.40 bits per heavy atom. The number of hydrogen-bond donors (Lipinski definition) is 3. The predicted octanol–water partition coefficient (Wildman–Crippen LogP) is 9.81. The molecule has 1 aromatic heterocycles. The maximum absolute atomic E-state index is 11.0. The van der Waals surface area contributed by atoms with Gasteiger partial charge in [-0.25, -0.2) is 19.3 Å². The molecule has 0 spiro atoms. The smallest absolute Gasteiger partial charge is 0.210 e. The molecule has 0 saturated carbocycles. The normalized spacial score (nSPS) is 17.6. The van der Waals surface area contributed by atoms with Gasteiger partial charge in [0.1, 0.15) is 0 Å². The van der Waals surface area contributed by atoms with Crippen molar-refractivity contribution in [3.8, 4) is 0 Å². The van der Waals surface area contributed by atoms with E-state index in [0.717, 1.165) is 84.0 Å². The van der Waals surface area contributed by atoms with E-state index < -0.39 is 9.84 Å². The molecule has 77 heavy (non-hydrogen) atoms. The number of benzene rings is 1. The molecule has 0 bridgehead atoms. The highest BCUT2D eigenvalue weighted by atomic mass is 32.2. The molecule has 3 N–H and O–H groups in total. The van der Waals surface area contributed by atoms with E-state index in [9.17, 15) is 8.42 Å². The Labute approximate surface area is 478 Å². The van der Waals surface area contributed by atoms with Crippen LogP contribution in [-0.2, 0) is 14.6 Å². The minimum Gasteiger partial charge on any atom is -0.379 e. The van der Waals surface area contributed by atoms with Crippen molar-refractivity contribution in [2.24, 2.45) is 9.98 Å². The lowest BCUT2D eigenvalue weighted by molar-refractivity contribution is 0.0373. The number of sulfone groups is 1. The maximum atomic E-state index is 11.0. The van der Waals surface area contributed by atoms with Crippen molar-refractivity contribution >= 4 is 33.1 Å². The molecule has 448 valence electrons. The summed E-state index contributed by atoms with van der Waals surface area (Å²) in [6.07, 6.45) is 17.7. The molecular formula is C60H118N12O3S2. The van der Waals surface area contributed by atoms with Gasteiger partial charge < -0.3 is 29.7 Å². The molecule has 0 radical (unpaired) electrons. The van der Waals surface area contributed by atoms with Gasteiger partial charge in [0.15, 0.2) is 9.84 Å². The van der Waals surface area contributed by atoms with E-state index in [1.54, 1.807) is 11.3 Å². The van der Waals surface area contributed by atoms with Gasteiger partial charge in [0, 0.05) is 79.4 Å². The highest BCUT2D eigenvalue weighted by molar-refractivity contribution is 7.91. The number of nitrogens with zero attached hydrogens (tertiary/aromatic N) is 9. The van der Waals surface area contributed by atoms with Gasteiger partial charge in [-0.05, 0) is 129 Å². The van der Waals surface area contributed by atoms with Crippen LogP contribution in [0.1, 0.15) is 122 Å². The second-order valence-electron chi connectivity index (χ2n) is 19.5. The van der Waals surface area contributed by atoms with Crippen LogP contribution in [-0.4, -0.2) is 220 Å². The third-order valence-corrected chi connectivity index (χ3v) is 15.5. The Balaban J connectivity index is 0. The molecule has 4 fully saturated rings. The first kappa shape index (κ1) is 75.7. The molecular weight excluding hydrogens is 1000 g/mol. The van der Waals surface area contributed by atoms with Crippen molar-refractivity contribution in [2.75, 3.05) is 165 Å². The van der Waals surface area contributed by atoms with E-state index in [1.807, 2.05) is 63.5 Å². The Bertz CT molecular complexity index is 1690. The molecule has 0 aliphatic carbocycles. The third kappa shape index (κ3) is 43.1. The molecule has 6 aliphatic heterocycles. The minimum atomic E-state index is -2.68. The van der Waals surface area contributed by atoms with Gasteiger partial charge in [0.25, 0.3) is 0 Å². The number of hydrogen-bond acceptors (Lipinski definition) is 16. The number of hydrazine groups is 2. The van der Waals surface area contributed by atoms with Gasteiger partial charge >= 0.3 is 0 Å². The fraction of sp³-hybridized carbons (Fsp3) is 0.733. The van der Waals surface area contributed by atoms with Crippen molar-refractivity contribution in [1.82, 2.24) is 50.7 Å². The Kier molecular flexibility index (Phi) is 52.4. The lowest BCUT2D eigenvalue weighted by atomic mass is 10.1. The van der Waals surface area contributed by atoms with E-state index in [-0.39, 0.29) is 0 Å². The molecule has 0 amide bonds. The average molecular weight is 1120 g/mol. The number of nitrogens with one attached hydrogen (secondary N) is 3. The predicted molar refractivity (Wildman–Crippen MR) is 340 cm³/mol. The van der Waals surface area contributed by atoms with Gasteiger partial charge in [-0.1, -0.05) is 102 Å². The topological polar surface area (TPSA) is 127 Å². The van der Waals surface area contributed by atoms with Gasteiger partial charge in [-0.3, -0.25) is 24.9 Å². The SMILES string of the molecule is C=C.C=C.CCCCN1CCCC1.CCCCN1CCCCC1.CCCCN1CCOCC1.CCCCN1CCS(=O)(=O)CC1.CNN(C)C1=NCCN1.CNN(C)C1=NCCN1C.Cc1ccccc1.Cc1cccs1. The maximum Gasteiger partial charge on any atom is 0.210 e. The zero-order valence-electron chi connectivity index (χ0n) is 51.3. The average Bonchev–Trinajstić information content (AvgIpc) is 4.35. The first-order chi connectivity index (χ1) is 37.3. The molecule has 4 saturated heterocycles. The van der Waals surface area contributed by atoms with Crippen LogP contribution in [0, 0.1) is 13.8 Å². The lowest BCUT2D eigenvalue weighted by Gasteiger charge is -2.26. The van der Waals surface area contributed by atoms with E-state index in [2.05, 4.69) is 148 Å². The number of aryl methyl sites for hydroxylation is 2. The second-order valence-corrected chi connectivity index (χ2v) is 22.9. The largest absolute Gasteiger partial charge is 0.379 e. The van der Waals surface area contributed by atoms with E-state index in [1.165, 1.54) is 140 Å². The summed E-state index contributed by atoms with van der Waals surface area (Å²) in [7, 11) is 6.99. The van der Waals surface area contributed by atoms with Crippen LogP contribution in [0.5, 0.6) is 0 Å². The summed E-state index contributed by atoms with van der Waals surface area (Å²) in [4.78, 5) is 21.9. The number of likely N-dealkylation sites (N-methyl/N-ethyl adjacent to an activating group) is 1. The van der Waals surface area contributed by atoms with Gasteiger partial charge in [0.2, 0.25) is 11.9 Å². The number of morpholine rings is 1. The van der Waals surface area contributed by atoms with E-state index in [0.29, 0.717) is 11.5 Å². The summed E-state index contributed by atoms with van der Waals surface area (Å²) < 4.78 is 27.3. The van der Waals surface area contributed by atoms with Crippen LogP contribution in [0.15, 0.2) is 84.1 Å². The van der Waals surface area contributed by atoms with Crippen molar-refractivity contribution in [2.45, 2.75) is 125 Å². The summed E-state index contributed by atoms with van der Waals surface area (Å²) in [5, 5.41) is 8.96. The molecule has 7 heterocycles. The third-order valence-electron chi connectivity index (χ3n) is 13.1. The fourth-order valence-electron chi connectivity index (χ4n) is 8.11. The molecule has 6 aliphatic rings. The summed E-state index contributed by atoms with van der Waals surface area (Å²) in [5.41, 5.74) is 7.27. The number of ether oxygens (including phenoxy) is 1. The zero-order chi connectivity index (χ0) is 57.8. The van der Waals surface area contributed by atoms with Crippen LogP contribution in [0.2, 0.25) is 0 Å². The van der Waals surface area contributed by atoms with Gasteiger partial charge in [-0.15, -0.1) is 37.7 Å². The van der Waals surface area contributed by atoms with Crippen molar-refractivity contribution in [3.63, 3.8) is 0 Å². The Hall–Kier alpha value is -3.39. The Morgan fingerprint density at radius 1 is 0.610 bits per heavy atom. The van der Waals surface area contributed by atoms with E-state index >= 15 is 0 Å². The summed E-state index contributed by atoms with van der Waals surface area (Å²) in [5.74, 6) is 2.66. The number of unbranched alkanes of at least 4 members (excludes halogenated alkanes) is 4. The molecule has 15 nitrogen and oxygen atoms in total. The number of thiophene rings is 1. The first-order valence-corrected chi connectivity index (χ1v) is 32.1. The molecule has 0 unspecified atom stereocenters. The fourth-order valence-corrected chi connectivity index (χ4v) is 9.91. The number of aliphatic imine (C=N–C) groups is 2. The van der Waals surface area contributed by atoms with Crippen molar-refractivity contribution in [3.05, 3.63) is 84.6 Å². The molecule has 0 atom stereocenters. The quantitative estimate of drug-likeness (QED) is 0.123. The van der Waals surface area contributed by atoms with Crippen molar-refractivity contribution in [1.29, 1.82) is 0 Å². The van der Waals surface area contributed by atoms with Crippen LogP contribution in [0.25, 0.3) is 0 Å².